The van der Waals surface area contributed by atoms with Crippen molar-refractivity contribution in [2.45, 2.75) is 36.5 Å². The van der Waals surface area contributed by atoms with Crippen LogP contribution in [0, 0.1) is 0 Å². The minimum absolute atomic E-state index is 0.219. The van der Waals surface area contributed by atoms with Gasteiger partial charge in [-0.25, -0.2) is 0 Å². The van der Waals surface area contributed by atoms with Crippen LogP contribution in [0.25, 0.3) is 44.5 Å². The summed E-state index contributed by atoms with van der Waals surface area (Å²) in [5.74, 6) is 2.30. The summed E-state index contributed by atoms with van der Waals surface area (Å²) in [4.78, 5) is 16.6. The van der Waals surface area contributed by atoms with E-state index >= 15 is 0 Å². The molecule has 2 fully saturated rings. The molecule has 71 heavy (non-hydrogen) atoms. The van der Waals surface area contributed by atoms with Gasteiger partial charge < -0.3 is 20.0 Å². The van der Waals surface area contributed by atoms with Crippen LogP contribution in [-0.4, -0.2) is 74.1 Å². The first-order valence-corrected chi connectivity index (χ1v) is 26.6. The van der Waals surface area contributed by atoms with E-state index in [1.54, 1.807) is 0 Å². The largest absolute Gasteiger partial charge is 0.356 e. The zero-order valence-electron chi connectivity index (χ0n) is 39.9. The number of benzene rings is 8. The molecule has 16 rings (SSSR count). The van der Waals surface area contributed by atoms with Crippen molar-refractivity contribution in [3.63, 3.8) is 0 Å². The lowest BCUT2D eigenvalue weighted by Crippen LogP contribution is -2.52. The molecule has 2 spiro atoms. The topological polar surface area (TPSA) is 46.5 Å². The number of rotatable bonds is 1. The Kier molecular flexibility index (Phi) is 10.2. The molecule has 4 aliphatic carbocycles. The van der Waals surface area contributed by atoms with Crippen molar-refractivity contribution in [3.05, 3.63) is 231 Å². The van der Waals surface area contributed by atoms with E-state index in [1.165, 1.54) is 133 Å². The summed E-state index contributed by atoms with van der Waals surface area (Å²) in [5, 5.41) is 3.30. The fourth-order valence-corrected chi connectivity index (χ4v) is 14.1. The Balaban J connectivity index is 0.000000114. The van der Waals surface area contributed by atoms with Gasteiger partial charge >= 0.3 is 0 Å². The monoisotopic (exact) mass is 986 g/mol. The van der Waals surface area contributed by atoms with Crippen molar-refractivity contribution in [2.24, 2.45) is 9.98 Å². The average molecular weight is 988 g/mol. The summed E-state index contributed by atoms with van der Waals surface area (Å²) in [6.07, 6.45) is 4.82. The van der Waals surface area contributed by atoms with Gasteiger partial charge in [0.15, 0.2) is 5.96 Å². The molecule has 1 N–H and O–H groups in total. The van der Waals surface area contributed by atoms with Gasteiger partial charge in [0.25, 0.3) is 0 Å². The van der Waals surface area contributed by atoms with Crippen molar-refractivity contribution in [2.75, 3.05) is 57.3 Å². The number of anilines is 1. The molecule has 0 unspecified atom stereocenters. The Morgan fingerprint density at radius 1 is 0.380 bits per heavy atom. The minimum atomic E-state index is -0.279. The maximum Gasteiger partial charge on any atom is 0.201 e. The molecule has 4 heterocycles. The molecular formula is C64H55BrN6. The molecular weight excluding hydrogens is 933 g/mol. The van der Waals surface area contributed by atoms with E-state index in [4.69, 9.17) is 4.99 Å². The molecule has 0 aromatic heterocycles. The van der Waals surface area contributed by atoms with Crippen LogP contribution in [0.15, 0.2) is 196 Å². The van der Waals surface area contributed by atoms with Crippen LogP contribution in [0.4, 0.5) is 5.69 Å². The van der Waals surface area contributed by atoms with Gasteiger partial charge in [-0.15, -0.1) is 0 Å². The van der Waals surface area contributed by atoms with Crippen molar-refractivity contribution < 1.29 is 0 Å². The zero-order chi connectivity index (χ0) is 47.1. The van der Waals surface area contributed by atoms with Gasteiger partial charge in [0.2, 0.25) is 5.96 Å². The molecule has 8 aromatic carbocycles. The van der Waals surface area contributed by atoms with Crippen molar-refractivity contribution in [1.29, 1.82) is 0 Å². The lowest BCUT2D eigenvalue weighted by molar-refractivity contribution is 0.346. The number of guanidine groups is 2. The Morgan fingerprint density at radius 2 is 0.789 bits per heavy atom. The van der Waals surface area contributed by atoms with Gasteiger partial charge in [0.05, 0.1) is 10.8 Å². The summed E-state index contributed by atoms with van der Waals surface area (Å²) < 4.78 is 1.13. The van der Waals surface area contributed by atoms with Gasteiger partial charge in [0, 0.05) is 62.5 Å². The summed E-state index contributed by atoms with van der Waals surface area (Å²) >= 11 is 3.72. The van der Waals surface area contributed by atoms with Gasteiger partial charge in [-0.2, -0.15) is 0 Å². The van der Waals surface area contributed by atoms with E-state index in [0.29, 0.717) is 0 Å². The first-order valence-electron chi connectivity index (χ1n) is 25.8. The molecule has 0 atom stereocenters. The molecule has 8 aliphatic rings. The third-order valence-corrected chi connectivity index (χ3v) is 17.0. The maximum atomic E-state index is 4.97. The normalized spacial score (nSPS) is 18.0. The molecule has 4 aliphatic heterocycles. The lowest BCUT2D eigenvalue weighted by atomic mass is 9.70. The predicted molar refractivity (Wildman–Crippen MR) is 295 cm³/mol. The fraction of sp³-hybridized carbons (Fsp3) is 0.219. The lowest BCUT2D eigenvalue weighted by Gasteiger charge is -2.41. The second kappa shape index (κ2) is 17.0. The third-order valence-electron chi connectivity index (χ3n) is 16.5. The van der Waals surface area contributed by atoms with Crippen LogP contribution >= 0.6 is 15.9 Å². The highest BCUT2D eigenvalue weighted by Gasteiger charge is 2.53. The standard InChI is InChI=1S/C32H27N3.C25H15Br.C7H13N3/c1-4-12-27-23(9-1)24-10-2-5-13-28(24)32(27)29-14-6-3-11-25(29)26-16-15-22(21-30(26)32)35-20-8-19-34-18-7-17-33-31(34)35;26-16-13-14-20-19-9-3-6-12-23(19)25(24(20)15-16)21-10-4-1-7-17(21)18-8-2-5-11-22(18)25;1-3-8-7-9-4-2-6-10(7)5-1/h1-6,9-16,21H,7-8,17-20H2;1-15H;1-6H2,(H,8,9). The predicted octanol–water partition coefficient (Wildman–Crippen LogP) is 13.1. The maximum absolute atomic E-state index is 4.97. The molecule has 6 nitrogen and oxygen atoms in total. The highest BCUT2D eigenvalue weighted by Crippen LogP contribution is 2.64. The second-order valence-corrected chi connectivity index (χ2v) is 21.0. The van der Waals surface area contributed by atoms with Crippen LogP contribution in [0.1, 0.15) is 70.2 Å². The smallest absolute Gasteiger partial charge is 0.201 e. The minimum Gasteiger partial charge on any atom is -0.356 e. The van der Waals surface area contributed by atoms with Crippen molar-refractivity contribution >= 4 is 33.5 Å². The summed E-state index contributed by atoms with van der Waals surface area (Å²) in [6.45, 7) is 8.73. The Bertz CT molecular complexity index is 3370. The molecule has 0 amide bonds. The molecule has 8 aromatic rings. The van der Waals surface area contributed by atoms with Crippen LogP contribution in [0.3, 0.4) is 0 Å². The SMILES string of the molecule is Brc1ccc2c(c1)C1(c3ccccc3-c3ccccc31)c1ccccc1-2.C1CN=C2NCCCN2C1.c1ccc2c(c1)-c1ccccc1C21c2ccccc2-c2ccc(N3CCCN4CCCN=C43)cc21. The Hall–Kier alpha value is -7.22. The van der Waals surface area contributed by atoms with E-state index < -0.39 is 0 Å². The fourth-order valence-electron chi connectivity index (χ4n) is 13.7. The highest BCUT2D eigenvalue weighted by molar-refractivity contribution is 9.10. The van der Waals surface area contributed by atoms with E-state index in [1.807, 2.05) is 0 Å². The number of aliphatic imine (C=N–C) groups is 2. The first kappa shape index (κ1) is 42.6. The molecule has 7 heteroatoms. The van der Waals surface area contributed by atoms with Gasteiger partial charge in [-0.05, 0) is 139 Å². The van der Waals surface area contributed by atoms with Crippen LogP contribution in [0.2, 0.25) is 0 Å². The Morgan fingerprint density at radius 3 is 1.30 bits per heavy atom. The van der Waals surface area contributed by atoms with E-state index in [-0.39, 0.29) is 10.8 Å². The van der Waals surface area contributed by atoms with Crippen LogP contribution in [0.5, 0.6) is 0 Å². The van der Waals surface area contributed by atoms with Gasteiger partial charge in [-0.1, -0.05) is 174 Å². The number of fused-ring (bicyclic) bond motifs is 22. The summed E-state index contributed by atoms with van der Waals surface area (Å²) in [5.41, 5.74) is 22.8. The molecule has 348 valence electrons. The number of hydrogen-bond donors (Lipinski definition) is 1. The highest BCUT2D eigenvalue weighted by atomic mass is 79.9. The van der Waals surface area contributed by atoms with E-state index in [2.05, 4.69) is 223 Å². The number of nitrogens with one attached hydrogen (secondary N) is 1. The van der Waals surface area contributed by atoms with E-state index in [0.717, 1.165) is 56.1 Å². The number of halogens is 1. The average Bonchev–Trinajstić information content (AvgIpc) is 4.14. The Labute approximate surface area is 425 Å². The molecule has 0 saturated carbocycles. The van der Waals surface area contributed by atoms with Crippen molar-refractivity contribution in [3.8, 4) is 44.5 Å². The first-order chi connectivity index (χ1) is 35.2. The second-order valence-electron chi connectivity index (χ2n) is 20.0. The van der Waals surface area contributed by atoms with E-state index in [9.17, 15) is 0 Å². The quantitative estimate of drug-likeness (QED) is 0.178. The van der Waals surface area contributed by atoms with Crippen LogP contribution < -0.4 is 10.2 Å². The number of hydrogen-bond acceptors (Lipinski definition) is 6. The molecule has 0 radical (unpaired) electrons. The third kappa shape index (κ3) is 6.31. The summed E-state index contributed by atoms with van der Waals surface area (Å²) in [6, 6.07) is 67.7. The van der Waals surface area contributed by atoms with Crippen LogP contribution in [-0.2, 0) is 10.8 Å². The summed E-state index contributed by atoms with van der Waals surface area (Å²) in [7, 11) is 0. The van der Waals surface area contributed by atoms with Gasteiger partial charge in [0.1, 0.15) is 0 Å². The molecule has 2 saturated heterocycles. The number of nitrogens with zero attached hydrogens (tertiary/aromatic N) is 5. The molecule has 0 bridgehead atoms. The van der Waals surface area contributed by atoms with Crippen molar-refractivity contribution in [1.82, 2.24) is 15.1 Å². The van der Waals surface area contributed by atoms with Gasteiger partial charge in [-0.3, -0.25) is 9.98 Å². The zero-order valence-corrected chi connectivity index (χ0v) is 41.5.